The zero-order valence-corrected chi connectivity index (χ0v) is 19.0. The highest BCUT2D eigenvalue weighted by Crippen LogP contribution is 2.17. The fourth-order valence-corrected chi connectivity index (χ4v) is 3.16. The fourth-order valence-electron chi connectivity index (χ4n) is 3.16. The Bertz CT molecular complexity index is 508. The third-order valence-corrected chi connectivity index (χ3v) is 5.01. The van der Waals surface area contributed by atoms with E-state index in [1.54, 1.807) is 0 Å². The second-order valence-corrected chi connectivity index (χ2v) is 7.94. The highest BCUT2D eigenvalue weighted by atomic mass is 16.4. The molecule has 10 nitrogen and oxygen atoms in total. The molecule has 0 aromatic heterocycles. The van der Waals surface area contributed by atoms with Gasteiger partial charge in [0.05, 0.1) is 5.92 Å². The van der Waals surface area contributed by atoms with Gasteiger partial charge in [-0.3, -0.25) is 19.2 Å². The fraction of sp³-hybridized carbons (Fsp3) is 0.818. The maximum Gasteiger partial charge on any atom is 0.308 e. The van der Waals surface area contributed by atoms with Gasteiger partial charge < -0.3 is 31.9 Å². The second kappa shape index (κ2) is 22.0. The lowest BCUT2D eigenvalue weighted by atomic mass is 9.91. The van der Waals surface area contributed by atoms with Crippen molar-refractivity contribution >= 4 is 23.9 Å². The van der Waals surface area contributed by atoms with E-state index in [4.69, 9.17) is 31.9 Å². The summed E-state index contributed by atoms with van der Waals surface area (Å²) in [6.45, 7) is 0.635. The molecular weight excluding hydrogens is 420 g/mol. The molecule has 2 atom stereocenters. The molecule has 0 heterocycles. The molecule has 0 radical (unpaired) electrons. The lowest BCUT2D eigenvalue weighted by Gasteiger charge is -2.19. The van der Waals surface area contributed by atoms with Crippen molar-refractivity contribution in [2.24, 2.45) is 17.4 Å². The molecule has 0 amide bonds. The normalized spacial score (nSPS) is 12.3. The molecule has 188 valence electrons. The Balaban J connectivity index is 0. The van der Waals surface area contributed by atoms with Gasteiger partial charge in [-0.2, -0.15) is 0 Å². The van der Waals surface area contributed by atoms with Crippen LogP contribution >= 0.6 is 0 Å². The molecule has 0 fully saturated rings. The van der Waals surface area contributed by atoms with Gasteiger partial charge in [0.15, 0.2) is 0 Å². The summed E-state index contributed by atoms with van der Waals surface area (Å²) >= 11 is 0. The molecule has 0 aliphatic carbocycles. The van der Waals surface area contributed by atoms with E-state index in [1.807, 2.05) is 0 Å². The van der Waals surface area contributed by atoms with Crippen molar-refractivity contribution in [1.82, 2.24) is 0 Å². The first-order valence-corrected chi connectivity index (χ1v) is 11.5. The summed E-state index contributed by atoms with van der Waals surface area (Å²) in [5.41, 5.74) is 11.2. The molecule has 8 N–H and O–H groups in total. The van der Waals surface area contributed by atoms with E-state index >= 15 is 0 Å². The van der Waals surface area contributed by atoms with Gasteiger partial charge in [0.25, 0.3) is 0 Å². The molecule has 32 heavy (non-hydrogen) atoms. The van der Waals surface area contributed by atoms with Crippen molar-refractivity contribution in [3.8, 4) is 0 Å². The molecule has 0 aromatic rings. The molecule has 0 rings (SSSR count). The molecule has 0 aliphatic heterocycles. The number of carbonyl (C=O) groups is 4. The molecule has 2 unspecified atom stereocenters. The standard InChI is InChI=1S/C12H24N2O4.C10H18O4/c13-8-3-1-2-6-10(14)9(12(17)18)5-4-7-11(15)16;11-9(12)7-5-3-1-2-4-6-8-10(13)14/h9-10H,1-8,13-14H2,(H,15,16)(H,17,18);1-8H2,(H,11,12)(H,13,14). The van der Waals surface area contributed by atoms with Crippen LogP contribution in [0.5, 0.6) is 0 Å². The predicted molar refractivity (Wildman–Crippen MR) is 120 cm³/mol. The number of unbranched alkanes of at least 4 members (excludes halogenated alkanes) is 7. The van der Waals surface area contributed by atoms with E-state index in [0.717, 1.165) is 57.8 Å². The van der Waals surface area contributed by atoms with Gasteiger partial charge in [0, 0.05) is 25.3 Å². The Morgan fingerprint density at radius 2 is 0.969 bits per heavy atom. The highest BCUT2D eigenvalue weighted by Gasteiger charge is 2.24. The second-order valence-electron chi connectivity index (χ2n) is 7.94. The maximum absolute atomic E-state index is 11.1. The first-order chi connectivity index (χ1) is 15.1. The van der Waals surface area contributed by atoms with Crippen LogP contribution < -0.4 is 11.5 Å². The van der Waals surface area contributed by atoms with Crippen molar-refractivity contribution in [3.05, 3.63) is 0 Å². The lowest BCUT2D eigenvalue weighted by Crippen LogP contribution is -2.35. The van der Waals surface area contributed by atoms with Crippen LogP contribution in [-0.4, -0.2) is 56.9 Å². The number of rotatable bonds is 20. The summed E-state index contributed by atoms with van der Waals surface area (Å²) in [4.78, 5) is 41.7. The van der Waals surface area contributed by atoms with Crippen LogP contribution in [0.4, 0.5) is 0 Å². The quantitative estimate of drug-likeness (QED) is 0.146. The minimum Gasteiger partial charge on any atom is -0.481 e. The van der Waals surface area contributed by atoms with E-state index < -0.39 is 35.8 Å². The van der Waals surface area contributed by atoms with Crippen LogP contribution in [-0.2, 0) is 19.2 Å². The first-order valence-electron chi connectivity index (χ1n) is 11.5. The van der Waals surface area contributed by atoms with Crippen LogP contribution in [0.1, 0.15) is 96.3 Å². The van der Waals surface area contributed by atoms with Crippen molar-refractivity contribution in [2.45, 2.75) is 102 Å². The molecular formula is C22H42N2O8. The van der Waals surface area contributed by atoms with Gasteiger partial charge in [-0.25, -0.2) is 0 Å². The molecule has 10 heteroatoms. The minimum absolute atomic E-state index is 0.0102. The zero-order chi connectivity index (χ0) is 24.8. The van der Waals surface area contributed by atoms with Crippen molar-refractivity contribution in [2.75, 3.05) is 6.54 Å². The summed E-state index contributed by atoms with van der Waals surface area (Å²) in [6.07, 6.45) is 9.86. The molecule has 0 aromatic carbocycles. The Hall–Kier alpha value is -2.20. The van der Waals surface area contributed by atoms with E-state index in [-0.39, 0.29) is 19.3 Å². The van der Waals surface area contributed by atoms with E-state index in [2.05, 4.69) is 0 Å². The lowest BCUT2D eigenvalue weighted by molar-refractivity contribution is -0.144. The van der Waals surface area contributed by atoms with Gasteiger partial charge in [-0.1, -0.05) is 38.5 Å². The van der Waals surface area contributed by atoms with Gasteiger partial charge in [-0.05, 0) is 45.1 Å². The number of carboxylic acids is 4. The van der Waals surface area contributed by atoms with Crippen molar-refractivity contribution in [1.29, 1.82) is 0 Å². The summed E-state index contributed by atoms with van der Waals surface area (Å²) in [7, 11) is 0. The maximum atomic E-state index is 11.1. The smallest absolute Gasteiger partial charge is 0.308 e. The van der Waals surface area contributed by atoms with Crippen LogP contribution in [0.3, 0.4) is 0 Å². The molecule has 0 saturated carbocycles. The van der Waals surface area contributed by atoms with Crippen LogP contribution in [0.15, 0.2) is 0 Å². The van der Waals surface area contributed by atoms with Crippen molar-refractivity contribution < 1.29 is 39.6 Å². The summed E-state index contributed by atoms with van der Waals surface area (Å²) in [5, 5.41) is 34.3. The molecule has 0 bridgehead atoms. The first kappa shape index (κ1) is 32.0. The number of aliphatic carboxylic acids is 4. The SMILES string of the molecule is NCCCCCC(N)C(CCCC(=O)O)C(=O)O.O=C(O)CCCCCCCCC(=O)O. The summed E-state index contributed by atoms with van der Waals surface area (Å²) in [5.74, 6) is -3.98. The summed E-state index contributed by atoms with van der Waals surface area (Å²) in [6, 6.07) is -0.408. The van der Waals surface area contributed by atoms with E-state index in [1.165, 1.54) is 0 Å². The number of carboxylic acid groups (broad SMARTS) is 4. The minimum atomic E-state index is -0.938. The Kier molecular flexibility index (Phi) is 22.0. The van der Waals surface area contributed by atoms with Gasteiger partial charge in [0.2, 0.25) is 0 Å². The van der Waals surface area contributed by atoms with Gasteiger partial charge >= 0.3 is 23.9 Å². The highest BCUT2D eigenvalue weighted by molar-refractivity contribution is 5.71. The molecule has 0 aliphatic rings. The topological polar surface area (TPSA) is 201 Å². The van der Waals surface area contributed by atoms with Gasteiger partial charge in [0.1, 0.15) is 0 Å². The predicted octanol–water partition coefficient (Wildman–Crippen LogP) is 3.06. The van der Waals surface area contributed by atoms with Crippen molar-refractivity contribution in [3.63, 3.8) is 0 Å². The average Bonchev–Trinajstić information content (AvgIpc) is 2.70. The third kappa shape index (κ3) is 24.1. The van der Waals surface area contributed by atoms with Gasteiger partial charge in [-0.15, -0.1) is 0 Å². The number of nitrogens with two attached hydrogens (primary N) is 2. The number of hydrogen-bond acceptors (Lipinski definition) is 6. The molecule has 0 saturated heterocycles. The third-order valence-electron chi connectivity index (χ3n) is 5.01. The number of hydrogen-bond donors (Lipinski definition) is 6. The van der Waals surface area contributed by atoms with Crippen LogP contribution in [0.25, 0.3) is 0 Å². The van der Waals surface area contributed by atoms with E-state index in [9.17, 15) is 19.2 Å². The monoisotopic (exact) mass is 462 g/mol. The molecule has 0 spiro atoms. The zero-order valence-electron chi connectivity index (χ0n) is 19.0. The Morgan fingerprint density at radius 1 is 0.562 bits per heavy atom. The largest absolute Gasteiger partial charge is 0.481 e. The average molecular weight is 463 g/mol. The van der Waals surface area contributed by atoms with Crippen LogP contribution in [0, 0.1) is 5.92 Å². The van der Waals surface area contributed by atoms with E-state index in [0.29, 0.717) is 25.8 Å². The summed E-state index contributed by atoms with van der Waals surface area (Å²) < 4.78 is 0. The Labute approximate surface area is 190 Å². The Morgan fingerprint density at radius 3 is 1.38 bits per heavy atom. The van der Waals surface area contributed by atoms with Crippen LogP contribution in [0.2, 0.25) is 0 Å².